The number of nitrogens with two attached hydrogens (primary N) is 1. The molecule has 0 radical (unpaired) electrons. The Hall–Kier alpha value is -5.35. The van der Waals surface area contributed by atoms with Crippen LogP contribution in [0, 0.1) is 0 Å². The van der Waals surface area contributed by atoms with E-state index in [0.717, 1.165) is 34.6 Å². The number of aldehydes is 1. The van der Waals surface area contributed by atoms with Gasteiger partial charge in [-0.05, 0) is 53.6 Å². The van der Waals surface area contributed by atoms with Crippen LogP contribution in [0.15, 0.2) is 91.0 Å². The first kappa shape index (κ1) is 25.0. The highest BCUT2D eigenvalue weighted by Crippen LogP contribution is 2.39. The lowest BCUT2D eigenvalue weighted by Crippen LogP contribution is -2.31. The Morgan fingerprint density at radius 2 is 1.65 bits per heavy atom. The van der Waals surface area contributed by atoms with Crippen LogP contribution in [0.2, 0.25) is 0 Å². The molecule has 0 aliphatic rings. The number of carboxylic acid groups (broad SMARTS) is 1. The number of amides is 2. The van der Waals surface area contributed by atoms with E-state index in [1.165, 1.54) is 4.90 Å². The molecule has 6 rings (SSSR count). The highest BCUT2D eigenvalue weighted by molar-refractivity contribution is 7.00. The summed E-state index contributed by atoms with van der Waals surface area (Å²) in [6.07, 6.45) is 0.733. The van der Waals surface area contributed by atoms with Gasteiger partial charge in [0.1, 0.15) is 23.0 Å². The maximum Gasteiger partial charge on any atom is 0.353 e. The summed E-state index contributed by atoms with van der Waals surface area (Å²) < 4.78 is 10.3. The second-order valence-corrected chi connectivity index (χ2v) is 9.68. The summed E-state index contributed by atoms with van der Waals surface area (Å²) >= 11 is 1.12. The van der Waals surface area contributed by atoms with Crippen molar-refractivity contribution in [2.75, 3.05) is 4.90 Å². The van der Waals surface area contributed by atoms with Crippen molar-refractivity contribution in [1.29, 1.82) is 0 Å². The number of carboxylic acids is 1. The molecule has 196 valence electrons. The molecule has 0 spiro atoms. The van der Waals surface area contributed by atoms with Crippen molar-refractivity contribution in [3.63, 3.8) is 0 Å². The normalized spacial score (nSPS) is 11.1. The molecule has 2 amide bonds. The Morgan fingerprint density at radius 3 is 2.35 bits per heavy atom. The number of carbonyl (C=O) groups excluding carboxylic acids is 2. The van der Waals surface area contributed by atoms with Crippen molar-refractivity contribution in [3.8, 4) is 11.1 Å². The molecular weight excluding hydrogens is 526 g/mol. The fourth-order valence-corrected chi connectivity index (χ4v) is 5.50. The van der Waals surface area contributed by atoms with E-state index in [0.29, 0.717) is 39.0 Å². The standard InChI is InChI=1S/C30H21N5O4S/c31-30(39)35(21-4-2-1-3-5-21)22-11-13-26-23(15-22)27(20-9-6-18(17-36)7-10-20)28(29(37)38)34(26)16-19-8-12-24-25(14-19)33-40-32-24/h1-15,17H,16H2,(H2,31,39)(H,37,38). The van der Waals surface area contributed by atoms with Gasteiger partial charge in [0.2, 0.25) is 0 Å². The summed E-state index contributed by atoms with van der Waals surface area (Å²) in [4.78, 5) is 38.1. The molecule has 0 aliphatic carbocycles. The molecule has 0 aliphatic heterocycles. The number of anilines is 2. The van der Waals surface area contributed by atoms with Gasteiger partial charge in [-0.2, -0.15) is 8.75 Å². The third-order valence-electron chi connectivity index (χ3n) is 6.74. The molecule has 0 unspecified atom stereocenters. The van der Waals surface area contributed by atoms with E-state index in [4.69, 9.17) is 5.73 Å². The first-order chi connectivity index (χ1) is 19.4. The van der Waals surface area contributed by atoms with Crippen molar-refractivity contribution in [3.05, 3.63) is 108 Å². The van der Waals surface area contributed by atoms with Crippen molar-refractivity contribution in [2.45, 2.75) is 6.54 Å². The van der Waals surface area contributed by atoms with Crippen molar-refractivity contribution < 1.29 is 19.5 Å². The lowest BCUT2D eigenvalue weighted by atomic mass is 10.00. The summed E-state index contributed by atoms with van der Waals surface area (Å²) in [6, 6.07) is 26.0. The van der Waals surface area contributed by atoms with Gasteiger partial charge in [-0.15, -0.1) is 0 Å². The first-order valence-corrected chi connectivity index (χ1v) is 13.0. The predicted octanol–water partition coefficient (Wildman–Crippen LogP) is 6.09. The van der Waals surface area contributed by atoms with Crippen LogP contribution in [0.4, 0.5) is 16.2 Å². The molecule has 2 aromatic heterocycles. The number of hydrogen-bond acceptors (Lipinski definition) is 6. The minimum atomic E-state index is -1.11. The Balaban J connectivity index is 1.60. The highest BCUT2D eigenvalue weighted by Gasteiger charge is 2.26. The Morgan fingerprint density at radius 1 is 0.900 bits per heavy atom. The van der Waals surface area contributed by atoms with Crippen molar-refractivity contribution in [1.82, 2.24) is 13.3 Å². The maximum atomic E-state index is 12.8. The molecule has 0 fully saturated rings. The van der Waals surface area contributed by atoms with E-state index in [-0.39, 0.29) is 12.2 Å². The van der Waals surface area contributed by atoms with Gasteiger partial charge >= 0.3 is 12.0 Å². The molecule has 0 saturated carbocycles. The van der Waals surface area contributed by atoms with Gasteiger partial charge in [0.05, 0.1) is 23.1 Å². The van der Waals surface area contributed by atoms with Crippen LogP contribution < -0.4 is 10.6 Å². The molecule has 6 aromatic rings. The van der Waals surface area contributed by atoms with Crippen LogP contribution in [0.1, 0.15) is 26.4 Å². The number of nitrogens with zero attached hydrogens (tertiary/aromatic N) is 4. The number of aromatic nitrogens is 3. The SMILES string of the molecule is NC(=O)N(c1ccccc1)c1ccc2c(c1)c(-c1ccc(C=O)cc1)c(C(=O)O)n2Cc1ccc2nsnc2c1. The van der Waals surface area contributed by atoms with Gasteiger partial charge in [-0.3, -0.25) is 9.69 Å². The zero-order chi connectivity index (χ0) is 27.8. The zero-order valence-electron chi connectivity index (χ0n) is 20.9. The van der Waals surface area contributed by atoms with Crippen LogP contribution in [0.5, 0.6) is 0 Å². The smallest absolute Gasteiger partial charge is 0.353 e. The first-order valence-electron chi connectivity index (χ1n) is 12.3. The Labute approximate surface area is 232 Å². The summed E-state index contributed by atoms with van der Waals surface area (Å²) in [5.41, 5.74) is 11.5. The number of carbonyl (C=O) groups is 3. The van der Waals surface area contributed by atoms with Crippen LogP contribution in [-0.2, 0) is 6.54 Å². The zero-order valence-corrected chi connectivity index (χ0v) is 21.7. The van der Waals surface area contributed by atoms with E-state index < -0.39 is 12.0 Å². The minimum absolute atomic E-state index is 0.0767. The molecule has 2 heterocycles. The molecule has 40 heavy (non-hydrogen) atoms. The third-order valence-corrected chi connectivity index (χ3v) is 7.29. The molecule has 0 saturated heterocycles. The fraction of sp³-hybridized carbons (Fsp3) is 0.0333. The largest absolute Gasteiger partial charge is 0.477 e. The van der Waals surface area contributed by atoms with Crippen LogP contribution >= 0.6 is 11.7 Å². The van der Waals surface area contributed by atoms with Crippen LogP contribution in [0.25, 0.3) is 33.1 Å². The second-order valence-electron chi connectivity index (χ2n) is 9.15. The van der Waals surface area contributed by atoms with E-state index in [1.54, 1.807) is 71.3 Å². The van der Waals surface area contributed by atoms with E-state index in [1.807, 2.05) is 24.3 Å². The van der Waals surface area contributed by atoms with Crippen molar-refractivity contribution >= 4 is 63.3 Å². The predicted molar refractivity (Wildman–Crippen MR) is 154 cm³/mol. The highest BCUT2D eigenvalue weighted by atomic mass is 32.1. The van der Waals surface area contributed by atoms with Gasteiger partial charge in [-0.1, -0.05) is 48.5 Å². The van der Waals surface area contributed by atoms with Crippen molar-refractivity contribution in [2.24, 2.45) is 5.73 Å². The van der Waals surface area contributed by atoms with Gasteiger partial charge in [-0.25, -0.2) is 9.59 Å². The van der Waals surface area contributed by atoms with Gasteiger partial charge in [0.25, 0.3) is 0 Å². The molecular formula is C30H21N5O4S. The molecule has 3 N–H and O–H groups in total. The topological polar surface area (TPSA) is 131 Å². The molecule has 9 nitrogen and oxygen atoms in total. The number of fused-ring (bicyclic) bond motifs is 2. The Bertz CT molecular complexity index is 1910. The lowest BCUT2D eigenvalue weighted by Gasteiger charge is -2.21. The minimum Gasteiger partial charge on any atom is -0.477 e. The van der Waals surface area contributed by atoms with Gasteiger partial charge in [0, 0.05) is 28.6 Å². The van der Waals surface area contributed by atoms with Gasteiger partial charge < -0.3 is 15.4 Å². The Kier molecular flexibility index (Phi) is 6.29. The average molecular weight is 548 g/mol. The van der Waals surface area contributed by atoms with Crippen LogP contribution in [-0.4, -0.2) is 36.7 Å². The number of benzene rings is 4. The number of para-hydroxylation sites is 1. The quantitative estimate of drug-likeness (QED) is 0.233. The fourth-order valence-electron chi connectivity index (χ4n) is 4.98. The van der Waals surface area contributed by atoms with Gasteiger partial charge in [0.15, 0.2) is 0 Å². The number of aromatic carboxylic acids is 1. The molecule has 0 bridgehead atoms. The summed E-state index contributed by atoms with van der Waals surface area (Å²) in [5.74, 6) is -1.11. The van der Waals surface area contributed by atoms with E-state index in [9.17, 15) is 19.5 Å². The monoisotopic (exact) mass is 547 g/mol. The molecule has 0 atom stereocenters. The van der Waals surface area contributed by atoms with E-state index in [2.05, 4.69) is 8.75 Å². The van der Waals surface area contributed by atoms with Crippen LogP contribution in [0.3, 0.4) is 0 Å². The number of urea groups is 1. The average Bonchev–Trinajstić information content (AvgIpc) is 3.56. The maximum absolute atomic E-state index is 12.8. The molecule has 4 aromatic carbocycles. The number of hydrogen-bond donors (Lipinski definition) is 2. The van der Waals surface area contributed by atoms with E-state index >= 15 is 0 Å². The summed E-state index contributed by atoms with van der Waals surface area (Å²) in [6.45, 7) is 0.260. The molecule has 10 heteroatoms. The third kappa shape index (κ3) is 4.36. The number of rotatable bonds is 7. The summed E-state index contributed by atoms with van der Waals surface area (Å²) in [7, 11) is 0. The number of primary amides is 1. The summed E-state index contributed by atoms with van der Waals surface area (Å²) in [5, 5.41) is 11.1. The lowest BCUT2D eigenvalue weighted by molar-refractivity contribution is 0.0687. The second kappa shape index (κ2) is 10.1.